The van der Waals surface area contributed by atoms with Crippen LogP contribution in [0.5, 0.6) is 0 Å². The van der Waals surface area contributed by atoms with Gasteiger partial charge in [-0.2, -0.15) is 0 Å². The van der Waals surface area contributed by atoms with Crippen molar-refractivity contribution >= 4 is 17.4 Å². The van der Waals surface area contributed by atoms with E-state index in [1.54, 1.807) is 24.3 Å². The summed E-state index contributed by atoms with van der Waals surface area (Å²) >= 11 is 0. The molecule has 0 aliphatic carbocycles. The van der Waals surface area contributed by atoms with E-state index >= 15 is 0 Å². The van der Waals surface area contributed by atoms with Gasteiger partial charge in [0.25, 0.3) is 5.56 Å². The molecular weight excluding hydrogens is 318 g/mol. The van der Waals surface area contributed by atoms with Gasteiger partial charge in [-0.05, 0) is 36.1 Å². The van der Waals surface area contributed by atoms with Gasteiger partial charge in [0, 0.05) is 38.1 Å². The number of carbonyl (C=O) groups excluding carboxylic acids is 1. The number of benzene rings is 1. The van der Waals surface area contributed by atoms with E-state index in [1.807, 2.05) is 6.07 Å². The van der Waals surface area contributed by atoms with E-state index in [0.29, 0.717) is 25.4 Å². The first-order chi connectivity index (χ1) is 12.1. The highest BCUT2D eigenvalue weighted by molar-refractivity contribution is 6.03. The number of carbonyl (C=O) groups is 1. The Labute approximate surface area is 147 Å². The monoisotopic (exact) mass is 341 g/mol. The molecule has 2 aromatic rings. The van der Waals surface area contributed by atoms with Crippen LogP contribution in [-0.2, 0) is 24.1 Å². The highest BCUT2D eigenvalue weighted by atomic mass is 16.5. The Balaban J connectivity index is 1.75. The molecule has 6 nitrogen and oxygen atoms in total. The molecule has 1 aromatic carbocycles. The third kappa shape index (κ3) is 3.74. The Morgan fingerprint density at radius 2 is 2.12 bits per heavy atom. The largest absolute Gasteiger partial charge is 0.383 e. The van der Waals surface area contributed by atoms with Gasteiger partial charge in [-0.25, -0.2) is 4.79 Å². The number of amides is 2. The minimum Gasteiger partial charge on any atom is -0.383 e. The fourth-order valence-corrected chi connectivity index (χ4v) is 3.05. The van der Waals surface area contributed by atoms with Crippen LogP contribution in [0.1, 0.15) is 18.1 Å². The van der Waals surface area contributed by atoms with Gasteiger partial charge >= 0.3 is 6.03 Å². The van der Waals surface area contributed by atoms with E-state index in [9.17, 15) is 9.59 Å². The molecule has 6 heteroatoms. The second kappa shape index (κ2) is 7.53. The third-order valence-electron chi connectivity index (χ3n) is 4.46. The van der Waals surface area contributed by atoms with Gasteiger partial charge in [0.2, 0.25) is 0 Å². The van der Waals surface area contributed by atoms with Crippen molar-refractivity contribution < 1.29 is 9.53 Å². The molecule has 2 amide bonds. The van der Waals surface area contributed by atoms with Crippen molar-refractivity contribution in [3.05, 3.63) is 58.0 Å². The van der Waals surface area contributed by atoms with Crippen molar-refractivity contribution in [3.63, 3.8) is 0 Å². The van der Waals surface area contributed by atoms with Crippen molar-refractivity contribution in [1.29, 1.82) is 0 Å². The number of anilines is 2. The third-order valence-corrected chi connectivity index (χ3v) is 4.46. The van der Waals surface area contributed by atoms with Crippen LogP contribution in [0.2, 0.25) is 0 Å². The molecule has 1 N–H and O–H groups in total. The molecule has 3 rings (SSSR count). The zero-order valence-electron chi connectivity index (χ0n) is 14.6. The molecule has 0 unspecified atom stereocenters. The number of nitrogens with one attached hydrogen (secondary N) is 1. The zero-order valence-corrected chi connectivity index (χ0v) is 14.6. The summed E-state index contributed by atoms with van der Waals surface area (Å²) in [6.45, 7) is 3.68. The lowest BCUT2D eigenvalue weighted by Gasteiger charge is -2.19. The Bertz CT molecular complexity index is 829. The summed E-state index contributed by atoms with van der Waals surface area (Å²) in [5.41, 5.74) is 3.93. The van der Waals surface area contributed by atoms with E-state index in [2.05, 4.69) is 24.4 Å². The maximum absolute atomic E-state index is 12.6. The molecule has 1 aromatic heterocycles. The fraction of sp³-hybridized carbons (Fsp3) is 0.368. The second-order valence-electron chi connectivity index (χ2n) is 6.09. The van der Waals surface area contributed by atoms with Gasteiger partial charge in [0.1, 0.15) is 0 Å². The number of hydrogen-bond donors (Lipinski definition) is 1. The van der Waals surface area contributed by atoms with Gasteiger partial charge in [0.05, 0.1) is 12.3 Å². The molecule has 1 aliphatic rings. The van der Waals surface area contributed by atoms with Crippen molar-refractivity contribution in [2.24, 2.45) is 0 Å². The van der Waals surface area contributed by atoms with E-state index in [1.165, 1.54) is 21.8 Å². The number of methoxy groups -OCH3 is 1. The fourth-order valence-electron chi connectivity index (χ4n) is 3.05. The summed E-state index contributed by atoms with van der Waals surface area (Å²) in [6, 6.07) is 9.15. The maximum Gasteiger partial charge on any atom is 0.326 e. The number of urea groups is 1. The van der Waals surface area contributed by atoms with Crippen LogP contribution in [0.25, 0.3) is 0 Å². The maximum atomic E-state index is 12.6. The Kier molecular flexibility index (Phi) is 5.19. The summed E-state index contributed by atoms with van der Waals surface area (Å²) in [6.07, 6.45) is 3.50. The second-order valence-corrected chi connectivity index (χ2v) is 6.09. The average molecular weight is 341 g/mol. The number of pyridine rings is 1. The van der Waals surface area contributed by atoms with Gasteiger partial charge in [-0.1, -0.05) is 19.1 Å². The van der Waals surface area contributed by atoms with Crippen molar-refractivity contribution in [1.82, 2.24) is 4.57 Å². The first-order valence-corrected chi connectivity index (χ1v) is 8.52. The highest BCUT2D eigenvalue weighted by Crippen LogP contribution is 2.29. The van der Waals surface area contributed by atoms with Crippen molar-refractivity contribution in [3.8, 4) is 0 Å². The molecule has 0 spiro atoms. The SMILES string of the molecule is CCc1ccc2c(c1)CCN2C(=O)Nc1ccc(=O)n(CCOC)c1. The normalized spacial score (nSPS) is 13.0. The van der Waals surface area contributed by atoms with Crippen LogP contribution in [0, 0.1) is 0 Å². The Morgan fingerprint density at radius 1 is 1.28 bits per heavy atom. The molecule has 2 heterocycles. The first-order valence-electron chi connectivity index (χ1n) is 8.52. The summed E-state index contributed by atoms with van der Waals surface area (Å²) in [5, 5.41) is 2.88. The van der Waals surface area contributed by atoms with E-state index < -0.39 is 0 Å². The smallest absolute Gasteiger partial charge is 0.326 e. The number of aryl methyl sites for hydroxylation is 1. The topological polar surface area (TPSA) is 63.6 Å². The standard InChI is InChI=1S/C19H23N3O3/c1-3-14-4-6-17-15(12-14)8-9-22(17)19(24)20-16-5-7-18(23)21(13-16)10-11-25-2/h4-7,12-13H,3,8-11H2,1-2H3,(H,20,24). The van der Waals surface area contributed by atoms with Gasteiger partial charge in [0.15, 0.2) is 0 Å². The highest BCUT2D eigenvalue weighted by Gasteiger charge is 2.24. The molecule has 25 heavy (non-hydrogen) atoms. The number of nitrogens with zero attached hydrogens (tertiary/aromatic N) is 2. The van der Waals surface area contributed by atoms with Crippen molar-refractivity contribution in [2.75, 3.05) is 30.5 Å². The van der Waals surface area contributed by atoms with Crippen LogP contribution < -0.4 is 15.8 Å². The van der Waals surface area contributed by atoms with E-state index in [0.717, 1.165) is 18.5 Å². The lowest BCUT2D eigenvalue weighted by Crippen LogP contribution is -2.33. The van der Waals surface area contributed by atoms with Crippen LogP contribution in [0.4, 0.5) is 16.2 Å². The van der Waals surface area contributed by atoms with Crippen LogP contribution in [0.15, 0.2) is 41.3 Å². The summed E-state index contributed by atoms with van der Waals surface area (Å²) in [4.78, 5) is 26.2. The predicted molar refractivity (Wildman–Crippen MR) is 98.5 cm³/mol. The quantitative estimate of drug-likeness (QED) is 0.909. The van der Waals surface area contributed by atoms with Crippen LogP contribution in [0.3, 0.4) is 0 Å². The molecule has 0 atom stereocenters. The first kappa shape index (κ1) is 17.2. The molecular formula is C19H23N3O3. The van der Waals surface area contributed by atoms with E-state index in [-0.39, 0.29) is 11.6 Å². The summed E-state index contributed by atoms with van der Waals surface area (Å²) < 4.78 is 6.54. The van der Waals surface area contributed by atoms with Crippen LogP contribution in [-0.4, -0.2) is 30.9 Å². The zero-order chi connectivity index (χ0) is 17.8. The number of rotatable bonds is 5. The summed E-state index contributed by atoms with van der Waals surface area (Å²) in [7, 11) is 1.59. The van der Waals surface area contributed by atoms with Gasteiger partial charge < -0.3 is 14.6 Å². The van der Waals surface area contributed by atoms with Gasteiger partial charge in [-0.3, -0.25) is 9.69 Å². The Morgan fingerprint density at radius 3 is 2.88 bits per heavy atom. The number of fused-ring (bicyclic) bond motifs is 1. The van der Waals surface area contributed by atoms with Crippen LogP contribution >= 0.6 is 0 Å². The molecule has 0 saturated carbocycles. The molecule has 1 aliphatic heterocycles. The average Bonchev–Trinajstić information content (AvgIpc) is 3.05. The number of aromatic nitrogens is 1. The van der Waals surface area contributed by atoms with Gasteiger partial charge in [-0.15, -0.1) is 0 Å². The Hall–Kier alpha value is -2.60. The molecule has 0 fully saturated rings. The molecule has 0 bridgehead atoms. The minimum atomic E-state index is -0.181. The lowest BCUT2D eigenvalue weighted by molar-refractivity contribution is 0.186. The molecule has 0 radical (unpaired) electrons. The van der Waals surface area contributed by atoms with E-state index in [4.69, 9.17) is 4.74 Å². The molecule has 0 saturated heterocycles. The summed E-state index contributed by atoms with van der Waals surface area (Å²) in [5.74, 6) is 0. The molecule has 132 valence electrons. The predicted octanol–water partition coefficient (Wildman–Crippen LogP) is 2.65. The number of ether oxygens (including phenoxy) is 1. The number of hydrogen-bond acceptors (Lipinski definition) is 3. The lowest BCUT2D eigenvalue weighted by atomic mass is 10.1. The minimum absolute atomic E-state index is 0.117. The van der Waals surface area contributed by atoms with Crippen molar-refractivity contribution in [2.45, 2.75) is 26.3 Å².